The first kappa shape index (κ1) is 15.3. The Balaban J connectivity index is 1.84. The van der Waals surface area contributed by atoms with Crippen LogP contribution in [0.4, 0.5) is 5.69 Å². The van der Waals surface area contributed by atoms with E-state index in [-0.39, 0.29) is 0 Å². The van der Waals surface area contributed by atoms with Crippen LogP contribution in [0.15, 0.2) is 0 Å². The summed E-state index contributed by atoms with van der Waals surface area (Å²) in [6.45, 7) is 7.84. The molecule has 1 aliphatic rings. The van der Waals surface area contributed by atoms with Gasteiger partial charge in [-0.3, -0.25) is 4.68 Å². The Morgan fingerprint density at radius 3 is 2.80 bits per heavy atom. The smallest absolute Gasteiger partial charge is 0.0862 e. The largest absolute Gasteiger partial charge is 0.396 e. The third-order valence-corrected chi connectivity index (χ3v) is 4.06. The lowest BCUT2D eigenvalue weighted by Crippen LogP contribution is -2.34. The van der Waals surface area contributed by atoms with Gasteiger partial charge in [0.15, 0.2) is 0 Å². The van der Waals surface area contributed by atoms with Gasteiger partial charge in [-0.25, -0.2) is 0 Å². The average molecular weight is 282 g/mol. The van der Waals surface area contributed by atoms with Crippen LogP contribution >= 0.6 is 0 Å². The first-order valence-electron chi connectivity index (χ1n) is 7.20. The summed E-state index contributed by atoms with van der Waals surface area (Å²) in [5.41, 5.74) is 8.39. The molecule has 2 atom stereocenters. The highest BCUT2D eigenvalue weighted by atomic mass is 16.5. The van der Waals surface area contributed by atoms with E-state index in [1.165, 1.54) is 0 Å². The van der Waals surface area contributed by atoms with E-state index in [1.54, 1.807) is 11.8 Å². The molecule has 0 aromatic carbocycles. The Morgan fingerprint density at radius 2 is 2.20 bits per heavy atom. The Labute approximate surface area is 120 Å². The second kappa shape index (κ2) is 6.56. The van der Waals surface area contributed by atoms with Crippen LogP contribution < -0.4 is 5.73 Å². The summed E-state index contributed by atoms with van der Waals surface area (Å²) < 4.78 is 6.99. The van der Waals surface area contributed by atoms with Gasteiger partial charge in [-0.2, -0.15) is 5.10 Å². The molecule has 6 nitrogen and oxygen atoms in total. The molecule has 0 saturated carbocycles. The summed E-state index contributed by atoms with van der Waals surface area (Å²) in [7, 11) is 1.74. The molecule has 6 heteroatoms. The number of aliphatic hydroxyl groups is 1. The maximum atomic E-state index is 10.2. The minimum absolute atomic E-state index is 0.423. The normalized spacial score (nSPS) is 21.5. The van der Waals surface area contributed by atoms with Crippen LogP contribution in [-0.2, 0) is 11.3 Å². The van der Waals surface area contributed by atoms with Gasteiger partial charge in [-0.05, 0) is 32.7 Å². The number of methoxy groups -OCH3 is 1. The molecule has 0 amide bonds. The molecule has 114 valence electrons. The minimum atomic E-state index is -0.423. The molecule has 1 aromatic heterocycles. The SMILES string of the molecule is COCC1CCN(CC(O)Cn2nc(C)c(N)c2C)C1. The van der Waals surface area contributed by atoms with E-state index in [4.69, 9.17) is 10.5 Å². The fourth-order valence-corrected chi connectivity index (χ4v) is 2.89. The number of aromatic nitrogens is 2. The fourth-order valence-electron chi connectivity index (χ4n) is 2.89. The number of anilines is 1. The van der Waals surface area contributed by atoms with E-state index in [2.05, 4.69) is 10.00 Å². The molecule has 0 spiro atoms. The van der Waals surface area contributed by atoms with Crippen molar-refractivity contribution in [2.75, 3.05) is 39.1 Å². The monoisotopic (exact) mass is 282 g/mol. The summed E-state index contributed by atoms with van der Waals surface area (Å²) in [4.78, 5) is 2.30. The van der Waals surface area contributed by atoms with Crippen LogP contribution in [0.2, 0.25) is 0 Å². The van der Waals surface area contributed by atoms with Crippen molar-refractivity contribution in [3.63, 3.8) is 0 Å². The Kier molecular flexibility index (Phi) is 5.01. The van der Waals surface area contributed by atoms with Crippen LogP contribution in [0, 0.1) is 19.8 Å². The number of nitrogen functional groups attached to an aromatic ring is 1. The number of hydrogen-bond acceptors (Lipinski definition) is 5. The minimum Gasteiger partial charge on any atom is -0.396 e. The number of ether oxygens (including phenoxy) is 1. The van der Waals surface area contributed by atoms with Gasteiger partial charge in [0.05, 0.1) is 36.3 Å². The third kappa shape index (κ3) is 3.50. The van der Waals surface area contributed by atoms with E-state index >= 15 is 0 Å². The van der Waals surface area contributed by atoms with Gasteiger partial charge in [0, 0.05) is 20.2 Å². The van der Waals surface area contributed by atoms with E-state index in [1.807, 2.05) is 13.8 Å². The first-order valence-corrected chi connectivity index (χ1v) is 7.20. The highest BCUT2D eigenvalue weighted by Crippen LogP contribution is 2.18. The van der Waals surface area contributed by atoms with Crippen molar-refractivity contribution >= 4 is 5.69 Å². The van der Waals surface area contributed by atoms with Crippen molar-refractivity contribution in [2.45, 2.75) is 32.9 Å². The second-order valence-corrected chi connectivity index (χ2v) is 5.79. The van der Waals surface area contributed by atoms with E-state index in [0.717, 1.165) is 43.2 Å². The number of hydrogen-bond donors (Lipinski definition) is 2. The van der Waals surface area contributed by atoms with Gasteiger partial charge < -0.3 is 20.5 Å². The number of aliphatic hydroxyl groups excluding tert-OH is 1. The molecule has 1 aromatic rings. The molecule has 2 rings (SSSR count). The third-order valence-electron chi connectivity index (χ3n) is 4.06. The number of nitrogens with two attached hydrogens (primary N) is 1. The van der Waals surface area contributed by atoms with Gasteiger partial charge >= 0.3 is 0 Å². The molecule has 2 unspecified atom stereocenters. The van der Waals surface area contributed by atoms with Crippen molar-refractivity contribution < 1.29 is 9.84 Å². The first-order chi connectivity index (χ1) is 9.51. The van der Waals surface area contributed by atoms with Crippen LogP contribution in [0.3, 0.4) is 0 Å². The lowest BCUT2D eigenvalue weighted by Gasteiger charge is -2.20. The zero-order valence-corrected chi connectivity index (χ0v) is 12.7. The number of rotatable bonds is 6. The molecule has 1 fully saturated rings. The zero-order valence-electron chi connectivity index (χ0n) is 12.7. The van der Waals surface area contributed by atoms with Gasteiger partial charge in [0.1, 0.15) is 0 Å². The predicted octanol–water partition coefficient (Wildman–Crippen LogP) is 0.411. The van der Waals surface area contributed by atoms with E-state index in [9.17, 15) is 5.11 Å². The van der Waals surface area contributed by atoms with Crippen molar-refractivity contribution in [1.29, 1.82) is 0 Å². The molecular weight excluding hydrogens is 256 g/mol. The lowest BCUT2D eigenvalue weighted by atomic mass is 10.1. The lowest BCUT2D eigenvalue weighted by molar-refractivity contribution is 0.0983. The summed E-state index contributed by atoms with van der Waals surface area (Å²) in [5.74, 6) is 0.594. The number of β-amino-alcohol motifs (C(OH)–C–C–N with tert-alkyl or cyclic N) is 1. The second-order valence-electron chi connectivity index (χ2n) is 5.79. The topological polar surface area (TPSA) is 76.5 Å². The van der Waals surface area contributed by atoms with Crippen molar-refractivity contribution in [1.82, 2.24) is 14.7 Å². The standard InChI is InChI=1S/C14H26N4O2/c1-10-14(15)11(2)18(16-10)8-13(19)7-17-5-4-12(6-17)9-20-3/h12-13,19H,4-9,15H2,1-3H3. The molecule has 1 aliphatic heterocycles. The molecule has 0 radical (unpaired) electrons. The fraction of sp³-hybridized carbons (Fsp3) is 0.786. The van der Waals surface area contributed by atoms with Gasteiger partial charge in [0.2, 0.25) is 0 Å². The quantitative estimate of drug-likeness (QED) is 0.790. The van der Waals surface area contributed by atoms with Crippen LogP contribution in [0.1, 0.15) is 17.8 Å². The van der Waals surface area contributed by atoms with Crippen LogP contribution in [0.25, 0.3) is 0 Å². The molecule has 0 bridgehead atoms. The maximum absolute atomic E-state index is 10.2. The molecule has 1 saturated heterocycles. The number of likely N-dealkylation sites (tertiary alicyclic amines) is 1. The van der Waals surface area contributed by atoms with Crippen LogP contribution in [-0.4, -0.2) is 59.2 Å². The number of nitrogens with zero attached hydrogens (tertiary/aromatic N) is 3. The zero-order chi connectivity index (χ0) is 14.7. The summed E-state index contributed by atoms with van der Waals surface area (Å²) in [6, 6.07) is 0. The average Bonchev–Trinajstić information content (AvgIpc) is 2.92. The molecular formula is C14H26N4O2. The molecule has 3 N–H and O–H groups in total. The molecule has 2 heterocycles. The van der Waals surface area contributed by atoms with Crippen molar-refractivity contribution in [2.24, 2.45) is 5.92 Å². The summed E-state index contributed by atoms with van der Waals surface area (Å²) in [6.07, 6.45) is 0.724. The van der Waals surface area contributed by atoms with Crippen molar-refractivity contribution in [3.05, 3.63) is 11.4 Å². The van der Waals surface area contributed by atoms with Gasteiger partial charge in [-0.15, -0.1) is 0 Å². The van der Waals surface area contributed by atoms with Gasteiger partial charge in [-0.1, -0.05) is 0 Å². The molecule has 0 aliphatic carbocycles. The Morgan fingerprint density at radius 1 is 1.45 bits per heavy atom. The Bertz CT molecular complexity index is 447. The summed E-state index contributed by atoms with van der Waals surface area (Å²) in [5, 5.41) is 14.6. The highest BCUT2D eigenvalue weighted by molar-refractivity contribution is 5.46. The van der Waals surface area contributed by atoms with Gasteiger partial charge in [0.25, 0.3) is 0 Å². The summed E-state index contributed by atoms with van der Waals surface area (Å²) >= 11 is 0. The van der Waals surface area contributed by atoms with E-state index < -0.39 is 6.10 Å². The maximum Gasteiger partial charge on any atom is 0.0862 e. The van der Waals surface area contributed by atoms with Crippen LogP contribution in [0.5, 0.6) is 0 Å². The predicted molar refractivity (Wildman–Crippen MR) is 78.5 cm³/mol. The Hall–Kier alpha value is -1.11. The van der Waals surface area contributed by atoms with Crippen molar-refractivity contribution in [3.8, 4) is 0 Å². The highest BCUT2D eigenvalue weighted by Gasteiger charge is 2.24. The molecule has 20 heavy (non-hydrogen) atoms. The number of aryl methyl sites for hydroxylation is 1. The van der Waals surface area contributed by atoms with E-state index in [0.29, 0.717) is 19.0 Å².